The summed E-state index contributed by atoms with van der Waals surface area (Å²) in [5, 5.41) is 11.1. The maximum absolute atomic E-state index is 12.7. The molecule has 1 atom stereocenters. The van der Waals surface area contributed by atoms with E-state index in [4.69, 9.17) is 0 Å². The number of carbonyl (C=O) groups excluding carboxylic acids is 1. The lowest BCUT2D eigenvalue weighted by molar-refractivity contribution is -0.131. The van der Waals surface area contributed by atoms with Crippen molar-refractivity contribution in [2.75, 3.05) is 19.6 Å². The Kier molecular flexibility index (Phi) is 3.73. The minimum Gasteiger partial charge on any atom is -0.387 e. The van der Waals surface area contributed by atoms with Crippen LogP contribution in [0.5, 0.6) is 0 Å². The van der Waals surface area contributed by atoms with E-state index in [1.165, 1.54) is 11.1 Å². The van der Waals surface area contributed by atoms with Crippen molar-refractivity contribution in [1.29, 1.82) is 0 Å². The van der Waals surface area contributed by atoms with Crippen molar-refractivity contribution < 1.29 is 9.90 Å². The third-order valence-electron chi connectivity index (χ3n) is 6.34. The third kappa shape index (κ3) is 2.66. The Hall–Kier alpha value is -1.39. The predicted molar refractivity (Wildman–Crippen MR) is 93.2 cm³/mol. The van der Waals surface area contributed by atoms with Gasteiger partial charge in [-0.1, -0.05) is 38.1 Å². The second-order valence-corrected chi connectivity index (χ2v) is 8.56. The molecule has 24 heavy (non-hydrogen) atoms. The number of nitrogens with zero attached hydrogens (tertiary/aromatic N) is 2. The Balaban J connectivity index is 1.33. The van der Waals surface area contributed by atoms with E-state index in [1.54, 1.807) is 0 Å². The van der Waals surface area contributed by atoms with Crippen LogP contribution in [-0.2, 0) is 17.9 Å². The molecule has 0 aromatic heterocycles. The normalized spacial score (nSPS) is 29.0. The van der Waals surface area contributed by atoms with Gasteiger partial charge < -0.3 is 10.0 Å². The van der Waals surface area contributed by atoms with E-state index in [0.717, 1.165) is 32.5 Å². The van der Waals surface area contributed by atoms with Crippen molar-refractivity contribution in [1.82, 2.24) is 9.80 Å². The molecule has 0 unspecified atom stereocenters. The van der Waals surface area contributed by atoms with Crippen molar-refractivity contribution in [3.05, 3.63) is 35.4 Å². The van der Waals surface area contributed by atoms with Crippen molar-refractivity contribution in [2.24, 2.45) is 11.3 Å². The van der Waals surface area contributed by atoms with Gasteiger partial charge in [-0.05, 0) is 29.9 Å². The monoisotopic (exact) mass is 328 g/mol. The van der Waals surface area contributed by atoms with Crippen molar-refractivity contribution >= 4 is 5.91 Å². The maximum Gasteiger partial charge on any atom is 0.223 e. The number of benzene rings is 1. The van der Waals surface area contributed by atoms with Gasteiger partial charge in [0.15, 0.2) is 0 Å². The summed E-state index contributed by atoms with van der Waals surface area (Å²) >= 11 is 0. The van der Waals surface area contributed by atoms with Crippen LogP contribution in [0.1, 0.15) is 44.2 Å². The Morgan fingerprint density at radius 2 is 1.79 bits per heavy atom. The standard InChI is InChI=1S/C20H28N2O2/c1-19(2)13-22(14-20(19,24)17-7-8-17)18(23)9-10-21-11-15-5-3-4-6-16(15)12-21/h3-6,17,24H,7-14H2,1-2H3/t20-/m1/s1. The average molecular weight is 328 g/mol. The smallest absolute Gasteiger partial charge is 0.223 e. The van der Waals surface area contributed by atoms with Crippen LogP contribution in [0, 0.1) is 11.3 Å². The molecule has 2 fully saturated rings. The number of rotatable bonds is 4. The van der Waals surface area contributed by atoms with E-state index < -0.39 is 5.60 Å². The molecule has 4 nitrogen and oxygen atoms in total. The zero-order valence-corrected chi connectivity index (χ0v) is 14.8. The third-order valence-corrected chi connectivity index (χ3v) is 6.34. The minimum absolute atomic E-state index is 0.190. The lowest BCUT2D eigenvalue weighted by atomic mass is 9.75. The van der Waals surface area contributed by atoms with Gasteiger partial charge in [-0.15, -0.1) is 0 Å². The van der Waals surface area contributed by atoms with Gasteiger partial charge in [-0.3, -0.25) is 9.69 Å². The highest BCUT2D eigenvalue weighted by atomic mass is 16.3. The molecule has 4 rings (SSSR count). The Morgan fingerprint density at radius 3 is 2.38 bits per heavy atom. The van der Waals surface area contributed by atoms with Gasteiger partial charge in [0.25, 0.3) is 0 Å². The highest BCUT2D eigenvalue weighted by Crippen LogP contribution is 2.52. The Morgan fingerprint density at radius 1 is 1.17 bits per heavy atom. The van der Waals surface area contributed by atoms with Gasteiger partial charge in [0.1, 0.15) is 0 Å². The molecule has 3 aliphatic rings. The molecule has 0 radical (unpaired) electrons. The number of carbonyl (C=O) groups is 1. The maximum atomic E-state index is 12.7. The molecule has 1 N–H and O–H groups in total. The molecule has 2 heterocycles. The topological polar surface area (TPSA) is 43.8 Å². The summed E-state index contributed by atoms with van der Waals surface area (Å²) in [6, 6.07) is 8.52. The SMILES string of the molecule is CC1(C)CN(C(=O)CCN2Cc3ccccc3C2)C[C@@]1(O)C1CC1. The number of fused-ring (bicyclic) bond motifs is 1. The predicted octanol–water partition coefficient (Wildman–Crippen LogP) is 2.40. The average Bonchev–Trinajstić information content (AvgIpc) is 3.26. The van der Waals surface area contributed by atoms with Crippen LogP contribution in [0.2, 0.25) is 0 Å². The lowest BCUT2D eigenvalue weighted by Gasteiger charge is -2.35. The number of hydrogen-bond acceptors (Lipinski definition) is 3. The molecule has 4 heteroatoms. The summed E-state index contributed by atoms with van der Waals surface area (Å²) in [7, 11) is 0. The summed E-state index contributed by atoms with van der Waals surface area (Å²) in [6.07, 6.45) is 2.76. The van der Waals surface area contributed by atoms with Crippen LogP contribution >= 0.6 is 0 Å². The van der Waals surface area contributed by atoms with E-state index in [9.17, 15) is 9.90 Å². The van der Waals surface area contributed by atoms with E-state index >= 15 is 0 Å². The van der Waals surface area contributed by atoms with Crippen LogP contribution < -0.4 is 0 Å². The van der Waals surface area contributed by atoms with Crippen molar-refractivity contribution in [3.8, 4) is 0 Å². The molecule has 0 bridgehead atoms. The van der Waals surface area contributed by atoms with Crippen molar-refractivity contribution in [2.45, 2.75) is 51.8 Å². The quantitative estimate of drug-likeness (QED) is 0.923. The number of likely N-dealkylation sites (tertiary alicyclic amines) is 1. The van der Waals surface area contributed by atoms with Gasteiger partial charge in [-0.25, -0.2) is 0 Å². The molecular weight excluding hydrogens is 300 g/mol. The van der Waals surface area contributed by atoms with Crippen LogP contribution in [0.3, 0.4) is 0 Å². The van der Waals surface area contributed by atoms with Crippen molar-refractivity contribution in [3.63, 3.8) is 0 Å². The molecule has 1 aromatic rings. The summed E-state index contributed by atoms with van der Waals surface area (Å²) < 4.78 is 0. The number of aliphatic hydroxyl groups is 1. The zero-order valence-electron chi connectivity index (χ0n) is 14.8. The fourth-order valence-electron chi connectivity index (χ4n) is 4.57. The van der Waals surface area contributed by atoms with E-state index in [1.807, 2.05) is 4.90 Å². The molecular formula is C20H28N2O2. The Bertz CT molecular complexity index is 628. The van der Waals surface area contributed by atoms with Gasteiger partial charge in [0.05, 0.1) is 12.1 Å². The molecule has 130 valence electrons. The van der Waals surface area contributed by atoms with E-state index in [-0.39, 0.29) is 11.3 Å². The summed E-state index contributed by atoms with van der Waals surface area (Å²) in [6.45, 7) is 8.10. The molecule has 1 aliphatic carbocycles. The molecule has 2 aliphatic heterocycles. The second kappa shape index (κ2) is 5.57. The van der Waals surface area contributed by atoms with Gasteiger partial charge in [0, 0.05) is 38.0 Å². The summed E-state index contributed by atoms with van der Waals surface area (Å²) in [5.74, 6) is 0.578. The first-order valence-electron chi connectivity index (χ1n) is 9.18. The first-order valence-corrected chi connectivity index (χ1v) is 9.18. The number of β-amino-alcohol motifs (C(OH)–C–C–N with tert-alkyl or cyclic N) is 1. The molecule has 1 saturated carbocycles. The van der Waals surface area contributed by atoms with Gasteiger partial charge in [-0.2, -0.15) is 0 Å². The van der Waals surface area contributed by atoms with Crippen LogP contribution in [-0.4, -0.2) is 46.0 Å². The molecule has 0 spiro atoms. The molecule has 1 aromatic carbocycles. The largest absolute Gasteiger partial charge is 0.387 e. The first-order chi connectivity index (χ1) is 11.4. The first kappa shape index (κ1) is 16.1. The fourth-order valence-corrected chi connectivity index (χ4v) is 4.57. The second-order valence-electron chi connectivity index (χ2n) is 8.56. The molecule has 1 saturated heterocycles. The number of amides is 1. The van der Waals surface area contributed by atoms with Crippen LogP contribution in [0.15, 0.2) is 24.3 Å². The Labute approximate surface area is 144 Å². The van der Waals surface area contributed by atoms with E-state index in [2.05, 4.69) is 43.0 Å². The highest BCUT2D eigenvalue weighted by molar-refractivity contribution is 5.77. The molecule has 1 amide bonds. The fraction of sp³-hybridized carbons (Fsp3) is 0.650. The highest BCUT2D eigenvalue weighted by Gasteiger charge is 2.59. The van der Waals surface area contributed by atoms with Gasteiger partial charge >= 0.3 is 0 Å². The summed E-state index contributed by atoms with van der Waals surface area (Å²) in [4.78, 5) is 16.9. The van der Waals surface area contributed by atoms with Crippen LogP contribution in [0.25, 0.3) is 0 Å². The van der Waals surface area contributed by atoms with Gasteiger partial charge in [0.2, 0.25) is 5.91 Å². The van der Waals surface area contributed by atoms with E-state index in [0.29, 0.717) is 25.4 Å². The van der Waals surface area contributed by atoms with Crippen LogP contribution in [0.4, 0.5) is 0 Å². The number of hydrogen-bond donors (Lipinski definition) is 1. The summed E-state index contributed by atoms with van der Waals surface area (Å²) in [5.41, 5.74) is 1.88. The zero-order chi connectivity index (χ0) is 16.9. The minimum atomic E-state index is -0.688. The lowest BCUT2D eigenvalue weighted by Crippen LogP contribution is -2.46.